The molecule has 0 bridgehead atoms. The molecule has 1 saturated heterocycles. The Kier molecular flexibility index (Phi) is 6.75. The van der Waals surface area contributed by atoms with Gasteiger partial charge in [-0.25, -0.2) is 0 Å². The van der Waals surface area contributed by atoms with Gasteiger partial charge in [0.2, 0.25) is 5.91 Å². The first-order valence-corrected chi connectivity index (χ1v) is 9.49. The molecule has 26 heavy (non-hydrogen) atoms. The van der Waals surface area contributed by atoms with Crippen molar-refractivity contribution in [1.82, 2.24) is 5.32 Å². The standard InChI is InChI=1S/C20H32BNO4/c1-7-8-9-12-22-18(23)13-15-10-11-16(14-17(15)24-6)21-25-19(2,3)20(4,5)26-21/h10-11,14H,7-9,12-13H2,1-6H3,(H,22,23). The number of ether oxygens (including phenoxy) is 1. The van der Waals surface area contributed by atoms with Crippen molar-refractivity contribution in [3.05, 3.63) is 23.8 Å². The number of benzene rings is 1. The van der Waals surface area contributed by atoms with Gasteiger partial charge in [-0.2, -0.15) is 0 Å². The quantitative estimate of drug-likeness (QED) is 0.572. The lowest BCUT2D eigenvalue weighted by Gasteiger charge is -2.32. The van der Waals surface area contributed by atoms with Crippen LogP contribution in [0.1, 0.15) is 59.4 Å². The molecule has 1 amide bonds. The summed E-state index contributed by atoms with van der Waals surface area (Å²) < 4.78 is 17.7. The van der Waals surface area contributed by atoms with E-state index in [-0.39, 0.29) is 17.1 Å². The van der Waals surface area contributed by atoms with Crippen LogP contribution in [0.25, 0.3) is 0 Å². The van der Waals surface area contributed by atoms with Crippen molar-refractivity contribution < 1.29 is 18.8 Å². The summed E-state index contributed by atoms with van der Waals surface area (Å²) in [4.78, 5) is 12.1. The fourth-order valence-corrected chi connectivity index (χ4v) is 2.87. The summed E-state index contributed by atoms with van der Waals surface area (Å²) >= 11 is 0. The second kappa shape index (κ2) is 8.44. The van der Waals surface area contributed by atoms with E-state index < -0.39 is 7.12 Å². The third kappa shape index (κ3) is 4.80. The van der Waals surface area contributed by atoms with Crippen LogP contribution >= 0.6 is 0 Å². The molecular formula is C20H32BNO4. The first-order chi connectivity index (χ1) is 12.2. The van der Waals surface area contributed by atoms with Crippen molar-refractivity contribution in [2.75, 3.05) is 13.7 Å². The molecule has 1 aliphatic rings. The fourth-order valence-electron chi connectivity index (χ4n) is 2.87. The van der Waals surface area contributed by atoms with E-state index in [2.05, 4.69) is 12.2 Å². The highest BCUT2D eigenvalue weighted by Crippen LogP contribution is 2.36. The first-order valence-electron chi connectivity index (χ1n) is 9.49. The Bertz CT molecular complexity index is 614. The largest absolute Gasteiger partial charge is 0.496 e. The maximum absolute atomic E-state index is 12.1. The van der Waals surface area contributed by atoms with E-state index in [1.807, 2.05) is 45.9 Å². The maximum Gasteiger partial charge on any atom is 0.494 e. The first kappa shape index (κ1) is 20.8. The average molecular weight is 361 g/mol. The van der Waals surface area contributed by atoms with Crippen LogP contribution in [0.15, 0.2) is 18.2 Å². The summed E-state index contributed by atoms with van der Waals surface area (Å²) in [5.41, 5.74) is 0.984. The molecule has 1 aromatic rings. The Hall–Kier alpha value is -1.53. The SMILES string of the molecule is CCCCCNC(=O)Cc1ccc(B2OC(C)(C)C(C)(C)O2)cc1OC. The highest BCUT2D eigenvalue weighted by molar-refractivity contribution is 6.62. The summed E-state index contributed by atoms with van der Waals surface area (Å²) in [5.74, 6) is 0.698. The van der Waals surface area contributed by atoms with Crippen LogP contribution in [0.3, 0.4) is 0 Å². The molecule has 1 fully saturated rings. The number of unbranched alkanes of at least 4 members (excludes halogenated alkanes) is 2. The lowest BCUT2D eigenvalue weighted by molar-refractivity contribution is -0.120. The number of methoxy groups -OCH3 is 1. The van der Waals surface area contributed by atoms with E-state index >= 15 is 0 Å². The fraction of sp³-hybridized carbons (Fsp3) is 0.650. The topological polar surface area (TPSA) is 56.8 Å². The Morgan fingerprint density at radius 3 is 2.38 bits per heavy atom. The zero-order valence-electron chi connectivity index (χ0n) is 17.0. The van der Waals surface area contributed by atoms with Crippen molar-refractivity contribution in [3.8, 4) is 5.75 Å². The summed E-state index contributed by atoms with van der Waals surface area (Å²) in [6.45, 7) is 11.0. The van der Waals surface area contributed by atoms with Gasteiger partial charge in [-0.1, -0.05) is 31.9 Å². The van der Waals surface area contributed by atoms with Crippen LogP contribution in [-0.4, -0.2) is 37.9 Å². The highest BCUT2D eigenvalue weighted by atomic mass is 16.7. The zero-order valence-corrected chi connectivity index (χ0v) is 17.0. The van der Waals surface area contributed by atoms with Gasteiger partial charge < -0.3 is 19.4 Å². The van der Waals surface area contributed by atoms with E-state index in [4.69, 9.17) is 14.0 Å². The van der Waals surface area contributed by atoms with Crippen LogP contribution in [0.5, 0.6) is 5.75 Å². The smallest absolute Gasteiger partial charge is 0.494 e. The predicted molar refractivity (Wildman–Crippen MR) is 105 cm³/mol. The Labute approximate surface area is 157 Å². The molecule has 6 heteroatoms. The van der Waals surface area contributed by atoms with Crippen molar-refractivity contribution >= 4 is 18.5 Å². The molecule has 0 saturated carbocycles. The van der Waals surface area contributed by atoms with Crippen molar-refractivity contribution in [3.63, 3.8) is 0 Å². The van der Waals surface area contributed by atoms with Gasteiger partial charge >= 0.3 is 7.12 Å². The second-order valence-corrected chi connectivity index (χ2v) is 7.89. The molecule has 0 aromatic heterocycles. The summed E-state index contributed by atoms with van der Waals surface area (Å²) in [6, 6.07) is 5.77. The third-order valence-electron chi connectivity index (χ3n) is 5.29. The summed E-state index contributed by atoms with van der Waals surface area (Å²) in [7, 11) is 1.18. The number of hydrogen-bond acceptors (Lipinski definition) is 4. The van der Waals surface area contributed by atoms with E-state index in [0.717, 1.165) is 36.8 Å². The van der Waals surface area contributed by atoms with Gasteiger partial charge in [0.25, 0.3) is 0 Å². The van der Waals surface area contributed by atoms with Gasteiger partial charge in [-0.3, -0.25) is 4.79 Å². The van der Waals surface area contributed by atoms with Gasteiger partial charge in [0.15, 0.2) is 0 Å². The second-order valence-electron chi connectivity index (χ2n) is 7.89. The van der Waals surface area contributed by atoms with Crippen LogP contribution in [0, 0.1) is 0 Å². The molecule has 0 spiro atoms. The van der Waals surface area contributed by atoms with Crippen molar-refractivity contribution in [1.29, 1.82) is 0 Å². The molecule has 5 nitrogen and oxygen atoms in total. The minimum absolute atomic E-state index is 0.0165. The lowest BCUT2D eigenvalue weighted by Crippen LogP contribution is -2.41. The van der Waals surface area contributed by atoms with Crippen LogP contribution < -0.4 is 15.5 Å². The highest BCUT2D eigenvalue weighted by Gasteiger charge is 2.51. The molecule has 0 unspecified atom stereocenters. The third-order valence-corrected chi connectivity index (χ3v) is 5.29. The lowest BCUT2D eigenvalue weighted by atomic mass is 9.78. The van der Waals surface area contributed by atoms with Crippen LogP contribution in [0.4, 0.5) is 0 Å². The van der Waals surface area contributed by atoms with Gasteiger partial charge in [-0.05, 0) is 45.6 Å². The van der Waals surface area contributed by atoms with Crippen molar-refractivity contribution in [2.24, 2.45) is 0 Å². The van der Waals surface area contributed by atoms with Gasteiger partial charge in [-0.15, -0.1) is 0 Å². The van der Waals surface area contributed by atoms with Gasteiger partial charge in [0, 0.05) is 12.1 Å². The normalized spacial score (nSPS) is 18.0. The van der Waals surface area contributed by atoms with Gasteiger partial charge in [0.05, 0.1) is 24.7 Å². The molecule has 1 heterocycles. The molecule has 144 valence electrons. The Balaban J connectivity index is 2.05. The molecule has 0 atom stereocenters. The predicted octanol–water partition coefficient (Wildman–Crippen LogP) is 2.84. The molecule has 0 radical (unpaired) electrons. The Morgan fingerprint density at radius 1 is 1.15 bits per heavy atom. The number of rotatable bonds is 8. The Morgan fingerprint density at radius 2 is 1.81 bits per heavy atom. The number of hydrogen-bond donors (Lipinski definition) is 1. The average Bonchev–Trinajstić information content (AvgIpc) is 2.80. The van der Waals surface area contributed by atoms with Crippen LogP contribution in [0.2, 0.25) is 0 Å². The van der Waals surface area contributed by atoms with Crippen LogP contribution in [-0.2, 0) is 20.5 Å². The maximum atomic E-state index is 12.1. The van der Waals surface area contributed by atoms with E-state index in [1.54, 1.807) is 7.11 Å². The minimum Gasteiger partial charge on any atom is -0.496 e. The molecule has 1 N–H and O–H groups in total. The molecule has 1 aromatic carbocycles. The van der Waals surface area contributed by atoms with Crippen molar-refractivity contribution in [2.45, 2.75) is 71.5 Å². The molecule has 1 aliphatic heterocycles. The monoisotopic (exact) mass is 361 g/mol. The molecular weight excluding hydrogens is 329 g/mol. The van der Waals surface area contributed by atoms with E-state index in [9.17, 15) is 4.79 Å². The molecule has 2 rings (SSSR count). The number of amides is 1. The minimum atomic E-state index is -0.439. The van der Waals surface area contributed by atoms with Gasteiger partial charge in [0.1, 0.15) is 5.75 Å². The van der Waals surface area contributed by atoms with E-state index in [1.165, 1.54) is 0 Å². The number of carbonyl (C=O) groups excluding carboxylic acids is 1. The number of carbonyl (C=O) groups is 1. The molecule has 0 aliphatic carbocycles. The summed E-state index contributed by atoms with van der Waals surface area (Å²) in [6.07, 6.45) is 3.59. The van der Waals surface area contributed by atoms with E-state index in [0.29, 0.717) is 12.2 Å². The zero-order chi connectivity index (χ0) is 19.4. The summed E-state index contributed by atoms with van der Waals surface area (Å²) in [5, 5.41) is 2.96. The number of nitrogens with one attached hydrogen (secondary N) is 1.